The van der Waals surface area contributed by atoms with E-state index in [9.17, 15) is 0 Å². The highest BCUT2D eigenvalue weighted by atomic mass is 15.1. The van der Waals surface area contributed by atoms with Gasteiger partial charge in [0, 0.05) is 35.2 Å². The summed E-state index contributed by atoms with van der Waals surface area (Å²) >= 11 is 0. The molecule has 6 aromatic carbocycles. The van der Waals surface area contributed by atoms with Crippen LogP contribution in [0.3, 0.4) is 0 Å². The van der Waals surface area contributed by atoms with Crippen LogP contribution in [0.1, 0.15) is 43.4 Å². The van der Waals surface area contributed by atoms with Gasteiger partial charge in [-0.15, -0.1) is 0 Å². The van der Waals surface area contributed by atoms with Crippen molar-refractivity contribution in [1.29, 1.82) is 0 Å². The van der Waals surface area contributed by atoms with Crippen LogP contribution in [0.15, 0.2) is 158 Å². The van der Waals surface area contributed by atoms with Crippen LogP contribution >= 0.6 is 0 Å². The lowest BCUT2D eigenvalue weighted by Gasteiger charge is -2.27. The fraction of sp³-hybridized carbons (Fsp3) is 0.130. The number of fused-ring (bicyclic) bond motifs is 2. The molecule has 0 N–H and O–H groups in total. The molecule has 48 heavy (non-hydrogen) atoms. The van der Waals surface area contributed by atoms with Crippen LogP contribution in [0.4, 0.5) is 28.4 Å². The second-order valence-electron chi connectivity index (χ2n) is 12.5. The van der Waals surface area contributed by atoms with Crippen LogP contribution in [-0.4, -0.2) is 7.05 Å². The zero-order chi connectivity index (χ0) is 32.9. The van der Waals surface area contributed by atoms with E-state index in [0.717, 1.165) is 29.9 Å². The molecule has 0 atom stereocenters. The molecule has 0 heterocycles. The zero-order valence-corrected chi connectivity index (χ0v) is 28.1. The third-order valence-electron chi connectivity index (χ3n) is 9.45. The molecule has 0 aromatic heterocycles. The van der Waals surface area contributed by atoms with Crippen molar-refractivity contribution in [3.05, 3.63) is 174 Å². The van der Waals surface area contributed by atoms with Gasteiger partial charge in [0.15, 0.2) is 0 Å². The summed E-state index contributed by atoms with van der Waals surface area (Å²) in [5.41, 5.74) is 13.4. The average molecular weight is 623 g/mol. The molecule has 0 spiro atoms. The SMILES string of the molecule is C/C=C\C(=C/C)c1cccc(N(c2ccc(-c3ccc(N(C)c4ccc5c(c4)C=CCCC5)cc3)cc2)c2cccc3ccccc23)c1. The first-order valence-corrected chi connectivity index (χ1v) is 17.0. The Labute approximate surface area is 285 Å². The van der Waals surface area contributed by atoms with Gasteiger partial charge in [0.2, 0.25) is 0 Å². The van der Waals surface area contributed by atoms with Gasteiger partial charge in [-0.2, -0.15) is 0 Å². The lowest BCUT2D eigenvalue weighted by Crippen LogP contribution is -2.10. The van der Waals surface area contributed by atoms with Crippen molar-refractivity contribution in [2.45, 2.75) is 33.1 Å². The van der Waals surface area contributed by atoms with Crippen molar-refractivity contribution in [2.24, 2.45) is 0 Å². The van der Waals surface area contributed by atoms with E-state index in [1.54, 1.807) is 0 Å². The molecule has 0 radical (unpaired) electrons. The van der Waals surface area contributed by atoms with Crippen LogP contribution in [0.2, 0.25) is 0 Å². The van der Waals surface area contributed by atoms with E-state index >= 15 is 0 Å². The number of hydrogen-bond acceptors (Lipinski definition) is 2. The summed E-state index contributed by atoms with van der Waals surface area (Å²) in [6, 6.07) is 48.8. The Kier molecular flexibility index (Phi) is 9.07. The number of rotatable bonds is 8. The highest BCUT2D eigenvalue weighted by molar-refractivity contribution is 5.99. The largest absolute Gasteiger partial charge is 0.345 e. The molecule has 1 aliphatic carbocycles. The molecule has 0 aliphatic heterocycles. The van der Waals surface area contributed by atoms with Crippen LogP contribution in [0.25, 0.3) is 33.5 Å². The molecule has 0 saturated carbocycles. The Morgan fingerprint density at radius 2 is 1.35 bits per heavy atom. The number of hydrogen-bond donors (Lipinski definition) is 0. The predicted molar refractivity (Wildman–Crippen MR) is 209 cm³/mol. The van der Waals surface area contributed by atoms with Crippen molar-refractivity contribution < 1.29 is 0 Å². The molecule has 0 bridgehead atoms. The van der Waals surface area contributed by atoms with Gasteiger partial charge in [-0.25, -0.2) is 0 Å². The van der Waals surface area contributed by atoms with E-state index in [1.165, 1.54) is 62.0 Å². The van der Waals surface area contributed by atoms with E-state index in [0.29, 0.717) is 0 Å². The monoisotopic (exact) mass is 622 g/mol. The molecular weight excluding hydrogens is 581 g/mol. The molecule has 236 valence electrons. The van der Waals surface area contributed by atoms with Gasteiger partial charge in [0.05, 0.1) is 5.69 Å². The van der Waals surface area contributed by atoms with Gasteiger partial charge in [0.1, 0.15) is 0 Å². The molecule has 1 aliphatic rings. The molecule has 0 amide bonds. The maximum Gasteiger partial charge on any atom is 0.0540 e. The maximum atomic E-state index is 2.38. The minimum absolute atomic E-state index is 1.12. The van der Waals surface area contributed by atoms with E-state index in [1.807, 2.05) is 0 Å². The summed E-state index contributed by atoms with van der Waals surface area (Å²) < 4.78 is 0. The molecule has 7 rings (SSSR count). The van der Waals surface area contributed by atoms with Crippen molar-refractivity contribution in [2.75, 3.05) is 16.8 Å². The Hall–Kier alpha value is -5.60. The van der Waals surface area contributed by atoms with E-state index < -0.39 is 0 Å². The third kappa shape index (κ3) is 6.35. The molecule has 6 aromatic rings. The normalized spacial score (nSPS) is 13.0. The molecule has 2 nitrogen and oxygen atoms in total. The van der Waals surface area contributed by atoms with Crippen molar-refractivity contribution >= 4 is 50.9 Å². The van der Waals surface area contributed by atoms with Gasteiger partial charge in [-0.3, -0.25) is 0 Å². The fourth-order valence-corrected chi connectivity index (χ4v) is 6.82. The van der Waals surface area contributed by atoms with Crippen LogP contribution < -0.4 is 9.80 Å². The Morgan fingerprint density at radius 3 is 2.12 bits per heavy atom. The summed E-state index contributed by atoms with van der Waals surface area (Å²) in [5.74, 6) is 0. The van der Waals surface area contributed by atoms with Crippen LogP contribution in [0, 0.1) is 0 Å². The van der Waals surface area contributed by atoms with Gasteiger partial charge in [-0.05, 0) is 126 Å². The quantitative estimate of drug-likeness (QED) is 0.156. The fourth-order valence-electron chi connectivity index (χ4n) is 6.82. The first-order valence-electron chi connectivity index (χ1n) is 17.0. The smallest absolute Gasteiger partial charge is 0.0540 e. The van der Waals surface area contributed by atoms with Crippen LogP contribution in [0.5, 0.6) is 0 Å². The first kappa shape index (κ1) is 31.0. The van der Waals surface area contributed by atoms with Gasteiger partial charge >= 0.3 is 0 Å². The lowest BCUT2D eigenvalue weighted by molar-refractivity contribution is 0.851. The highest BCUT2D eigenvalue weighted by Crippen LogP contribution is 2.40. The summed E-state index contributed by atoms with van der Waals surface area (Å²) in [6.45, 7) is 4.16. The number of anilines is 5. The number of benzene rings is 6. The van der Waals surface area contributed by atoms with Gasteiger partial charge < -0.3 is 9.80 Å². The second kappa shape index (κ2) is 14.0. The highest BCUT2D eigenvalue weighted by Gasteiger charge is 2.17. The summed E-state index contributed by atoms with van der Waals surface area (Å²) in [4.78, 5) is 4.66. The maximum absolute atomic E-state index is 2.38. The average Bonchev–Trinajstić information content (AvgIpc) is 3.39. The minimum Gasteiger partial charge on any atom is -0.345 e. The standard InChI is InChI=1S/C46H42N2/c1-4-13-34(5-2)39-18-11-19-44(33-39)48(46-21-12-17-38-15-9-10-20-45(38)46)42-29-24-37(25-30-42)36-22-27-41(28-23-36)47(3)43-31-26-35-14-7-6-8-16-40(35)32-43/h4-5,8-13,15-33H,6-7,14H2,1-3H3/b13-4-,34-5+. The van der Waals surface area contributed by atoms with Crippen molar-refractivity contribution in [3.8, 4) is 11.1 Å². The summed E-state index contributed by atoms with van der Waals surface area (Å²) in [6.07, 6.45) is 14.6. The van der Waals surface area contributed by atoms with Crippen LogP contribution in [-0.2, 0) is 6.42 Å². The molecular formula is C46H42N2. The van der Waals surface area contributed by atoms with Gasteiger partial charge in [-0.1, -0.05) is 109 Å². The molecule has 0 fully saturated rings. The van der Waals surface area contributed by atoms with Crippen molar-refractivity contribution in [1.82, 2.24) is 0 Å². The first-order chi connectivity index (χ1) is 23.6. The van der Waals surface area contributed by atoms with E-state index in [4.69, 9.17) is 0 Å². The number of allylic oxidation sites excluding steroid dienone is 5. The predicted octanol–water partition coefficient (Wildman–Crippen LogP) is 13.1. The third-order valence-corrected chi connectivity index (χ3v) is 9.45. The lowest BCUT2D eigenvalue weighted by atomic mass is 10.0. The second-order valence-corrected chi connectivity index (χ2v) is 12.5. The zero-order valence-electron chi connectivity index (χ0n) is 28.1. The Morgan fingerprint density at radius 1 is 0.646 bits per heavy atom. The number of nitrogens with zero attached hydrogens (tertiary/aromatic N) is 2. The molecule has 2 heteroatoms. The van der Waals surface area contributed by atoms with E-state index in [-0.39, 0.29) is 0 Å². The summed E-state index contributed by atoms with van der Waals surface area (Å²) in [5, 5.41) is 2.45. The Balaban J connectivity index is 1.21. The Bertz CT molecular complexity index is 2130. The molecule has 0 saturated heterocycles. The van der Waals surface area contributed by atoms with E-state index in [2.05, 4.69) is 195 Å². The topological polar surface area (TPSA) is 6.48 Å². The summed E-state index contributed by atoms with van der Waals surface area (Å²) in [7, 11) is 2.15. The van der Waals surface area contributed by atoms with Gasteiger partial charge in [0.25, 0.3) is 0 Å². The van der Waals surface area contributed by atoms with Crippen molar-refractivity contribution in [3.63, 3.8) is 0 Å². The number of aryl methyl sites for hydroxylation is 1. The minimum atomic E-state index is 1.12. The molecule has 0 unspecified atom stereocenters.